The van der Waals surface area contributed by atoms with Crippen LogP contribution in [-0.4, -0.2) is 16.1 Å². The van der Waals surface area contributed by atoms with Crippen molar-refractivity contribution in [2.45, 2.75) is 24.5 Å². The van der Waals surface area contributed by atoms with Crippen molar-refractivity contribution in [1.29, 1.82) is 0 Å². The molecule has 0 spiro atoms. The average molecular weight is 325 g/mol. The van der Waals surface area contributed by atoms with Gasteiger partial charge < -0.3 is 0 Å². The van der Waals surface area contributed by atoms with E-state index in [-0.39, 0.29) is 16.5 Å². The van der Waals surface area contributed by atoms with E-state index in [0.29, 0.717) is 5.02 Å². The zero-order chi connectivity index (χ0) is 14.3. The van der Waals surface area contributed by atoms with Crippen LogP contribution in [-0.2, 0) is 4.79 Å². The van der Waals surface area contributed by atoms with Gasteiger partial charge in [-0.05, 0) is 19.9 Å². The van der Waals surface area contributed by atoms with Crippen molar-refractivity contribution in [2.75, 3.05) is 4.90 Å². The number of carbonyl (C=O) groups excluding carboxylic acids is 1. The lowest BCUT2D eigenvalue weighted by Gasteiger charge is -2.22. The van der Waals surface area contributed by atoms with E-state index < -0.39 is 0 Å². The van der Waals surface area contributed by atoms with Crippen LogP contribution in [0.1, 0.15) is 22.7 Å². The first-order valence-corrected chi connectivity index (χ1v) is 8.37. The largest absolute Gasteiger partial charge is 0.273 e. The van der Waals surface area contributed by atoms with E-state index in [9.17, 15) is 4.79 Å². The summed E-state index contributed by atoms with van der Waals surface area (Å²) in [5, 5.41) is 1.25. The van der Waals surface area contributed by atoms with Gasteiger partial charge in [-0.1, -0.05) is 29.8 Å². The number of aromatic nitrogens is 1. The van der Waals surface area contributed by atoms with Gasteiger partial charge in [-0.2, -0.15) is 0 Å². The van der Waals surface area contributed by atoms with Crippen LogP contribution in [0.4, 0.5) is 5.13 Å². The molecule has 104 valence electrons. The van der Waals surface area contributed by atoms with Crippen molar-refractivity contribution in [1.82, 2.24) is 4.98 Å². The number of thioether (sulfide) groups is 1. The summed E-state index contributed by atoms with van der Waals surface area (Å²) < 4.78 is 0. The zero-order valence-electron chi connectivity index (χ0n) is 11.0. The van der Waals surface area contributed by atoms with Gasteiger partial charge in [0.1, 0.15) is 5.37 Å². The Labute approximate surface area is 131 Å². The second kappa shape index (κ2) is 5.39. The van der Waals surface area contributed by atoms with Gasteiger partial charge in [-0.3, -0.25) is 9.69 Å². The third-order valence-corrected chi connectivity index (χ3v) is 5.73. The molecule has 1 aliphatic rings. The Morgan fingerprint density at radius 1 is 1.35 bits per heavy atom. The van der Waals surface area contributed by atoms with Crippen molar-refractivity contribution >= 4 is 45.7 Å². The highest BCUT2D eigenvalue weighted by molar-refractivity contribution is 8.01. The fourth-order valence-corrected chi connectivity index (χ4v) is 4.62. The number of anilines is 1. The lowest BCUT2D eigenvalue weighted by atomic mass is 10.2. The summed E-state index contributed by atoms with van der Waals surface area (Å²) in [6.07, 6.45) is 1.80. The first-order valence-electron chi connectivity index (χ1n) is 6.23. The highest BCUT2D eigenvalue weighted by Gasteiger charge is 2.41. The van der Waals surface area contributed by atoms with Crippen molar-refractivity contribution in [2.24, 2.45) is 0 Å². The molecule has 1 aromatic carbocycles. The lowest BCUT2D eigenvalue weighted by Crippen LogP contribution is -2.30. The fraction of sp³-hybridized carbons (Fsp3) is 0.286. The molecule has 0 aliphatic carbocycles. The molecule has 1 amide bonds. The molecule has 0 radical (unpaired) electrons. The predicted octanol–water partition coefficient (Wildman–Crippen LogP) is 4.27. The third-order valence-electron chi connectivity index (χ3n) is 3.14. The zero-order valence-corrected chi connectivity index (χ0v) is 13.4. The molecule has 2 aromatic rings. The molecule has 2 atom stereocenters. The van der Waals surface area contributed by atoms with Gasteiger partial charge >= 0.3 is 0 Å². The molecule has 1 fully saturated rings. The molecule has 1 aromatic heterocycles. The van der Waals surface area contributed by atoms with Crippen LogP contribution in [0.25, 0.3) is 0 Å². The molecule has 1 saturated heterocycles. The molecule has 3 nitrogen and oxygen atoms in total. The molecule has 0 unspecified atom stereocenters. The van der Waals surface area contributed by atoms with Crippen molar-refractivity contribution in [3.63, 3.8) is 0 Å². The smallest absolute Gasteiger partial charge is 0.242 e. The van der Waals surface area contributed by atoms with Crippen LogP contribution < -0.4 is 4.90 Å². The second-order valence-corrected chi connectivity index (χ2v) is 7.66. The Balaban J connectivity index is 2.05. The summed E-state index contributed by atoms with van der Waals surface area (Å²) in [6, 6.07) is 7.67. The van der Waals surface area contributed by atoms with Crippen LogP contribution in [0, 0.1) is 6.92 Å². The van der Waals surface area contributed by atoms with Crippen LogP contribution in [0.5, 0.6) is 0 Å². The summed E-state index contributed by atoms with van der Waals surface area (Å²) in [5.74, 6) is 0.0919. The average Bonchev–Trinajstić information content (AvgIpc) is 2.95. The molecule has 1 aliphatic heterocycles. The molecular weight excluding hydrogens is 312 g/mol. The minimum Gasteiger partial charge on any atom is -0.273 e. The fourth-order valence-electron chi connectivity index (χ4n) is 2.16. The summed E-state index contributed by atoms with van der Waals surface area (Å²) in [5.41, 5.74) is 0.963. The van der Waals surface area contributed by atoms with Crippen molar-refractivity contribution < 1.29 is 4.79 Å². The van der Waals surface area contributed by atoms with E-state index in [4.69, 9.17) is 11.6 Å². The molecule has 3 rings (SSSR count). The van der Waals surface area contributed by atoms with E-state index in [2.05, 4.69) is 4.98 Å². The van der Waals surface area contributed by atoms with E-state index in [1.807, 2.05) is 38.1 Å². The summed E-state index contributed by atoms with van der Waals surface area (Å²) >= 11 is 9.43. The maximum Gasteiger partial charge on any atom is 0.242 e. The van der Waals surface area contributed by atoms with Gasteiger partial charge in [0.25, 0.3) is 0 Å². The Hall–Kier alpha value is -1.04. The molecule has 0 N–H and O–H groups in total. The van der Waals surface area contributed by atoms with E-state index >= 15 is 0 Å². The van der Waals surface area contributed by atoms with Crippen LogP contribution in [0.3, 0.4) is 0 Å². The van der Waals surface area contributed by atoms with Gasteiger partial charge in [0.15, 0.2) is 5.13 Å². The molecule has 6 heteroatoms. The lowest BCUT2D eigenvalue weighted by molar-refractivity contribution is -0.117. The van der Waals surface area contributed by atoms with Gasteiger partial charge in [-0.15, -0.1) is 23.1 Å². The number of benzene rings is 1. The van der Waals surface area contributed by atoms with E-state index in [1.165, 1.54) is 11.3 Å². The van der Waals surface area contributed by atoms with E-state index in [1.54, 1.807) is 22.9 Å². The number of nitrogens with zero attached hydrogens (tertiary/aromatic N) is 2. The van der Waals surface area contributed by atoms with Gasteiger partial charge in [0.05, 0.1) is 5.25 Å². The standard InChI is InChI=1S/C14H13ClN2OS2/c1-8-7-16-14(19-8)17-12(18)9(2)20-13(17)10-5-3-4-6-11(10)15/h3-7,9,13H,1-2H3/t9-,13-/m0/s1. The second-order valence-electron chi connectivity index (χ2n) is 4.61. The summed E-state index contributed by atoms with van der Waals surface area (Å²) in [7, 11) is 0. The van der Waals surface area contributed by atoms with Crippen LogP contribution in [0.2, 0.25) is 5.02 Å². The number of carbonyl (C=O) groups is 1. The number of aryl methyl sites for hydroxylation is 1. The molecule has 0 saturated carbocycles. The number of rotatable bonds is 2. The van der Waals surface area contributed by atoms with Crippen LogP contribution in [0.15, 0.2) is 30.5 Å². The number of amides is 1. The van der Waals surface area contributed by atoms with Crippen LogP contribution >= 0.6 is 34.7 Å². The quantitative estimate of drug-likeness (QED) is 0.827. The first kappa shape index (κ1) is 13.9. The Morgan fingerprint density at radius 3 is 2.75 bits per heavy atom. The highest BCUT2D eigenvalue weighted by atomic mass is 35.5. The Kier molecular flexibility index (Phi) is 3.75. The SMILES string of the molecule is Cc1cnc(N2C(=O)[C@H](C)S[C@H]2c2ccccc2Cl)s1. The summed E-state index contributed by atoms with van der Waals surface area (Å²) in [4.78, 5) is 19.7. The normalized spacial score (nSPS) is 22.6. The molecule has 20 heavy (non-hydrogen) atoms. The minimum atomic E-state index is -0.100. The summed E-state index contributed by atoms with van der Waals surface area (Å²) in [6.45, 7) is 3.92. The molecule has 2 heterocycles. The predicted molar refractivity (Wildman–Crippen MR) is 85.6 cm³/mol. The number of halogens is 1. The van der Waals surface area contributed by atoms with Crippen molar-refractivity contribution in [3.05, 3.63) is 45.9 Å². The minimum absolute atomic E-state index is 0.0829. The van der Waals surface area contributed by atoms with Gasteiger partial charge in [0.2, 0.25) is 5.91 Å². The third kappa shape index (κ3) is 2.34. The topological polar surface area (TPSA) is 33.2 Å². The number of hydrogen-bond donors (Lipinski definition) is 0. The maximum absolute atomic E-state index is 12.4. The maximum atomic E-state index is 12.4. The number of thiazole rings is 1. The van der Waals surface area contributed by atoms with Gasteiger partial charge in [0, 0.05) is 21.7 Å². The number of hydrogen-bond acceptors (Lipinski definition) is 4. The van der Waals surface area contributed by atoms with Gasteiger partial charge in [-0.25, -0.2) is 4.98 Å². The highest BCUT2D eigenvalue weighted by Crippen LogP contribution is 2.47. The molecule has 0 bridgehead atoms. The monoisotopic (exact) mass is 324 g/mol. The van der Waals surface area contributed by atoms with E-state index in [0.717, 1.165) is 15.6 Å². The Morgan fingerprint density at radius 2 is 2.10 bits per heavy atom. The Bertz CT molecular complexity index is 658. The first-order chi connectivity index (χ1) is 9.58. The molecular formula is C14H13ClN2OS2. The van der Waals surface area contributed by atoms with Crippen molar-refractivity contribution in [3.8, 4) is 0 Å².